The maximum absolute atomic E-state index is 12.3. The Morgan fingerprint density at radius 2 is 1.09 bits per heavy atom. The number of carboxylic acids is 1. The number of carbonyl (C=O) groups is 1. The van der Waals surface area contributed by atoms with Crippen LogP contribution in [-0.2, 0) is 21.9 Å². The van der Waals surface area contributed by atoms with E-state index in [1.54, 1.807) is 24.6 Å². The van der Waals surface area contributed by atoms with Crippen molar-refractivity contribution < 1.29 is 37.2 Å². The zero-order chi connectivity index (χ0) is 25.5. The van der Waals surface area contributed by atoms with Crippen LogP contribution in [0, 0.1) is 0 Å². The minimum absolute atomic E-state index is 0. The number of benzene rings is 2. The van der Waals surface area contributed by atoms with Gasteiger partial charge >= 0.3 is 17.1 Å². The number of rotatable bonds is 11. The molecule has 0 atom stereocenters. The van der Waals surface area contributed by atoms with Crippen LogP contribution in [0.4, 0.5) is 11.4 Å². The average molecular weight is 523 g/mol. The van der Waals surface area contributed by atoms with Gasteiger partial charge in [0.15, 0.2) is 0 Å². The van der Waals surface area contributed by atoms with Crippen LogP contribution >= 0.6 is 0 Å². The van der Waals surface area contributed by atoms with Crippen LogP contribution in [0.3, 0.4) is 0 Å². The van der Waals surface area contributed by atoms with Gasteiger partial charge in [-0.3, -0.25) is 9.98 Å². The Labute approximate surface area is 219 Å². The predicted molar refractivity (Wildman–Crippen MR) is 135 cm³/mol. The number of aliphatic imine (C=N–C) groups is 2. The summed E-state index contributed by atoms with van der Waals surface area (Å²) < 4.78 is 0. The zero-order valence-corrected chi connectivity index (χ0v) is 22.3. The molecule has 0 aliphatic rings. The van der Waals surface area contributed by atoms with Crippen molar-refractivity contribution in [3.8, 4) is 11.5 Å². The summed E-state index contributed by atoms with van der Waals surface area (Å²) in [5.41, 5.74) is 3.02. The topological polar surface area (TPSA) is 117 Å². The summed E-state index contributed by atoms with van der Waals surface area (Å²) in [6.45, 7) is 13.6. The molecule has 35 heavy (non-hydrogen) atoms. The van der Waals surface area contributed by atoms with Crippen LogP contribution in [0.2, 0.25) is 0 Å². The van der Waals surface area contributed by atoms with E-state index < -0.39 is 5.97 Å². The van der Waals surface area contributed by atoms with E-state index in [1.807, 2.05) is 24.3 Å². The van der Waals surface area contributed by atoms with Crippen molar-refractivity contribution in [2.24, 2.45) is 9.98 Å². The second-order valence-electron chi connectivity index (χ2n) is 7.35. The maximum Gasteiger partial charge on any atom is 3.00 e. The van der Waals surface area contributed by atoms with Gasteiger partial charge in [0.05, 0.1) is 13.1 Å². The fourth-order valence-corrected chi connectivity index (χ4v) is 3.27. The van der Waals surface area contributed by atoms with Crippen molar-refractivity contribution in [3.05, 3.63) is 47.5 Å². The summed E-state index contributed by atoms with van der Waals surface area (Å²) >= 11 is 0. The van der Waals surface area contributed by atoms with E-state index in [1.165, 1.54) is 0 Å². The quantitative estimate of drug-likeness (QED) is 0.252. The second-order valence-corrected chi connectivity index (χ2v) is 7.35. The van der Waals surface area contributed by atoms with E-state index in [-0.39, 0.29) is 28.6 Å². The Balaban J connectivity index is 0.00000214. The smallest absolute Gasteiger partial charge is 0.872 e. The summed E-state index contributed by atoms with van der Waals surface area (Å²) in [5.74, 6) is -1.15. The van der Waals surface area contributed by atoms with E-state index in [9.17, 15) is 10.2 Å². The first-order valence-electron chi connectivity index (χ1n) is 11.6. The molecule has 0 fully saturated rings. The van der Waals surface area contributed by atoms with Gasteiger partial charge in [-0.1, -0.05) is 23.6 Å². The third-order valence-electron chi connectivity index (χ3n) is 5.07. The van der Waals surface area contributed by atoms with Crippen LogP contribution in [0.5, 0.6) is 11.5 Å². The van der Waals surface area contributed by atoms with Gasteiger partial charge < -0.3 is 29.9 Å². The van der Waals surface area contributed by atoms with Crippen LogP contribution in [-0.4, -0.2) is 57.7 Å². The van der Waals surface area contributed by atoms with Gasteiger partial charge in [0.2, 0.25) is 0 Å². The van der Waals surface area contributed by atoms with Crippen molar-refractivity contribution in [2.75, 3.05) is 49.1 Å². The van der Waals surface area contributed by atoms with Gasteiger partial charge in [0, 0.05) is 56.0 Å². The summed E-state index contributed by atoms with van der Waals surface area (Å²) in [7, 11) is 0. The fraction of sp³-hybridized carbons (Fsp3) is 0.423. The van der Waals surface area contributed by atoms with E-state index in [4.69, 9.17) is 9.90 Å². The molecule has 2 aromatic carbocycles. The zero-order valence-electron chi connectivity index (χ0n) is 21.2. The average Bonchev–Trinajstić information content (AvgIpc) is 2.79. The molecule has 0 unspecified atom stereocenters. The summed E-state index contributed by atoms with van der Waals surface area (Å²) in [5, 5.41) is 33.4. The van der Waals surface area contributed by atoms with Gasteiger partial charge in [0.25, 0.3) is 0 Å². The van der Waals surface area contributed by atoms with Crippen molar-refractivity contribution in [1.82, 2.24) is 0 Å². The molecule has 0 saturated heterocycles. The molecule has 0 aromatic heterocycles. The first-order valence-corrected chi connectivity index (χ1v) is 11.6. The molecule has 0 aliphatic carbocycles. The number of carboxylic acid groups (broad SMARTS) is 1. The molecule has 0 N–H and O–H groups in total. The molecule has 0 heterocycles. The molecular formula is C26H35MnN4O4. The van der Waals surface area contributed by atoms with E-state index >= 15 is 0 Å². The molecule has 2 rings (SSSR count). The first-order chi connectivity index (χ1) is 16.3. The van der Waals surface area contributed by atoms with E-state index in [2.05, 4.69) is 47.5 Å². The summed E-state index contributed by atoms with van der Waals surface area (Å²) in [4.78, 5) is 21.7. The molecule has 0 saturated carbocycles. The number of nitrogens with zero attached hydrogens (tertiary/aromatic N) is 4. The Morgan fingerprint density at radius 3 is 1.34 bits per heavy atom. The monoisotopic (exact) mass is 522 g/mol. The predicted octanol–water partition coefficient (Wildman–Crippen LogP) is 1.82. The Bertz CT molecular complexity index is 883. The van der Waals surface area contributed by atoms with E-state index in [0.29, 0.717) is 24.2 Å². The first kappa shape index (κ1) is 32.0. The largest absolute Gasteiger partial charge is 3.00 e. The second kappa shape index (κ2) is 17.4. The number of hydrogen-bond acceptors (Lipinski definition) is 8. The molecule has 2 aromatic rings. The molecule has 9 heteroatoms. The molecule has 0 radical (unpaired) electrons. The van der Waals surface area contributed by atoms with Gasteiger partial charge in [-0.15, -0.1) is 0 Å². The molecule has 8 nitrogen and oxygen atoms in total. The Hall–Kier alpha value is -3.03. The Kier molecular flexibility index (Phi) is 15.9. The minimum atomic E-state index is -1.08. The van der Waals surface area contributed by atoms with Crippen LogP contribution in [0.25, 0.3) is 0 Å². The normalized spacial score (nSPS) is 10.5. The molecule has 0 aliphatic heterocycles. The number of aliphatic carboxylic acids is 1. The van der Waals surface area contributed by atoms with Crippen molar-refractivity contribution in [2.45, 2.75) is 34.6 Å². The standard InChI is InChI=1S/C24H34N4O2.C2H4O2.Mn/c1-5-27(6-2)21-11-9-19(23(29)15-21)17-25-13-14-26-18-20-10-12-22(16-24(20)30)28(7-3)8-4;1-2(3)4;/h9-12,15-18,29-30H,5-8,13-14H2,1-4H3;1H3,(H,3,4);/q;;+3/p-3. The van der Waals surface area contributed by atoms with Gasteiger partial charge in [-0.25, -0.2) is 0 Å². The maximum atomic E-state index is 12.3. The summed E-state index contributed by atoms with van der Waals surface area (Å²) in [6, 6.07) is 10.8. The fourth-order valence-electron chi connectivity index (χ4n) is 3.27. The van der Waals surface area contributed by atoms with Crippen LogP contribution in [0.1, 0.15) is 45.7 Å². The van der Waals surface area contributed by atoms with Gasteiger partial charge in [0.1, 0.15) is 0 Å². The van der Waals surface area contributed by atoms with Crippen molar-refractivity contribution in [3.63, 3.8) is 0 Å². The number of hydrogen-bond donors (Lipinski definition) is 0. The van der Waals surface area contributed by atoms with Crippen LogP contribution < -0.4 is 25.1 Å². The molecule has 0 bridgehead atoms. The molecule has 0 spiro atoms. The van der Waals surface area contributed by atoms with Crippen molar-refractivity contribution >= 4 is 29.8 Å². The molecular weight excluding hydrogens is 487 g/mol. The Morgan fingerprint density at radius 1 is 0.771 bits per heavy atom. The summed E-state index contributed by atoms with van der Waals surface area (Å²) in [6.07, 6.45) is 3.20. The van der Waals surface area contributed by atoms with Crippen LogP contribution in [0.15, 0.2) is 46.4 Å². The SMILES string of the molecule is CC(=O)[O-].CCN(CC)c1ccc(C=NCCN=Cc2ccc(N(CC)CC)cc2[O-])c([O-])c1.[Mn+3]. The molecule has 0 amide bonds. The number of anilines is 2. The number of carbonyl (C=O) groups excluding carboxylic acids is 1. The van der Waals surface area contributed by atoms with Gasteiger partial charge in [-0.2, -0.15) is 0 Å². The van der Waals surface area contributed by atoms with E-state index in [0.717, 1.165) is 44.5 Å². The van der Waals surface area contributed by atoms with Crippen molar-refractivity contribution in [1.29, 1.82) is 0 Å². The third kappa shape index (κ3) is 11.3. The van der Waals surface area contributed by atoms with Gasteiger partial charge in [-0.05, 0) is 70.0 Å². The molecule has 190 valence electrons. The third-order valence-corrected chi connectivity index (χ3v) is 5.07. The minimum Gasteiger partial charge on any atom is -0.872 e.